The number of benzene rings is 2. The SMILES string of the molecule is O=C(O)Cc1coc2ccc(OCc3ccccc3)cc12. The second-order valence-electron chi connectivity index (χ2n) is 4.76. The molecule has 1 N–H and O–H groups in total. The molecular weight excluding hydrogens is 268 g/mol. The maximum absolute atomic E-state index is 10.8. The molecule has 4 nitrogen and oxygen atoms in total. The third-order valence-corrected chi connectivity index (χ3v) is 3.22. The van der Waals surface area contributed by atoms with Crippen LogP contribution in [0.3, 0.4) is 0 Å². The predicted octanol–water partition coefficient (Wildman–Crippen LogP) is 3.64. The van der Waals surface area contributed by atoms with Crippen molar-refractivity contribution in [1.29, 1.82) is 0 Å². The largest absolute Gasteiger partial charge is 0.489 e. The number of hydrogen-bond acceptors (Lipinski definition) is 3. The lowest BCUT2D eigenvalue weighted by atomic mass is 10.1. The van der Waals surface area contributed by atoms with Crippen LogP contribution < -0.4 is 4.74 Å². The summed E-state index contributed by atoms with van der Waals surface area (Å²) in [5, 5.41) is 9.67. The van der Waals surface area contributed by atoms with Crippen LogP contribution in [0.15, 0.2) is 59.2 Å². The van der Waals surface area contributed by atoms with E-state index in [-0.39, 0.29) is 6.42 Å². The van der Waals surface area contributed by atoms with E-state index in [9.17, 15) is 4.79 Å². The summed E-state index contributed by atoms with van der Waals surface area (Å²) < 4.78 is 11.1. The molecule has 1 heterocycles. The fourth-order valence-electron chi connectivity index (χ4n) is 2.19. The molecule has 0 spiro atoms. The van der Waals surface area contributed by atoms with Gasteiger partial charge in [-0.05, 0) is 23.8 Å². The summed E-state index contributed by atoms with van der Waals surface area (Å²) >= 11 is 0. The van der Waals surface area contributed by atoms with Crippen molar-refractivity contribution in [1.82, 2.24) is 0 Å². The number of aliphatic carboxylic acids is 1. The van der Waals surface area contributed by atoms with Gasteiger partial charge in [0.25, 0.3) is 0 Å². The van der Waals surface area contributed by atoms with Crippen LogP contribution in [0.5, 0.6) is 5.75 Å². The van der Waals surface area contributed by atoms with E-state index in [1.165, 1.54) is 6.26 Å². The molecule has 0 aliphatic rings. The molecule has 0 saturated heterocycles. The predicted molar refractivity (Wildman–Crippen MR) is 78.3 cm³/mol. The topological polar surface area (TPSA) is 59.7 Å². The molecule has 106 valence electrons. The molecule has 0 unspecified atom stereocenters. The van der Waals surface area contributed by atoms with E-state index in [2.05, 4.69) is 0 Å². The highest BCUT2D eigenvalue weighted by atomic mass is 16.5. The minimum absolute atomic E-state index is 0.0604. The second kappa shape index (κ2) is 5.71. The van der Waals surface area contributed by atoms with Gasteiger partial charge in [-0.2, -0.15) is 0 Å². The Hall–Kier alpha value is -2.75. The number of rotatable bonds is 5. The summed E-state index contributed by atoms with van der Waals surface area (Å²) in [5.74, 6) is -0.187. The highest BCUT2D eigenvalue weighted by Crippen LogP contribution is 2.26. The first kappa shape index (κ1) is 13.2. The molecule has 0 atom stereocenters. The minimum atomic E-state index is -0.881. The molecule has 0 fully saturated rings. The van der Waals surface area contributed by atoms with Crippen LogP contribution in [0.25, 0.3) is 11.0 Å². The highest BCUT2D eigenvalue weighted by molar-refractivity contribution is 5.86. The molecule has 3 rings (SSSR count). The summed E-state index contributed by atoms with van der Waals surface area (Å²) in [4.78, 5) is 10.8. The number of furan rings is 1. The van der Waals surface area contributed by atoms with Crippen molar-refractivity contribution >= 4 is 16.9 Å². The Morgan fingerprint density at radius 3 is 2.71 bits per heavy atom. The molecule has 3 aromatic rings. The monoisotopic (exact) mass is 282 g/mol. The van der Waals surface area contributed by atoms with Gasteiger partial charge in [0.15, 0.2) is 0 Å². The van der Waals surface area contributed by atoms with E-state index in [1.807, 2.05) is 42.5 Å². The highest BCUT2D eigenvalue weighted by Gasteiger charge is 2.10. The molecule has 1 aromatic heterocycles. The van der Waals surface area contributed by atoms with E-state index in [0.717, 1.165) is 10.9 Å². The van der Waals surface area contributed by atoms with Gasteiger partial charge in [-0.15, -0.1) is 0 Å². The average Bonchev–Trinajstić information content (AvgIpc) is 2.88. The van der Waals surface area contributed by atoms with Gasteiger partial charge >= 0.3 is 5.97 Å². The molecule has 0 bridgehead atoms. The van der Waals surface area contributed by atoms with Crippen molar-refractivity contribution in [3.8, 4) is 5.75 Å². The van der Waals surface area contributed by atoms with Crippen LogP contribution in [-0.2, 0) is 17.8 Å². The van der Waals surface area contributed by atoms with Crippen molar-refractivity contribution in [2.45, 2.75) is 13.0 Å². The molecular formula is C17H14O4. The summed E-state index contributed by atoms with van der Waals surface area (Å²) in [5.41, 5.74) is 2.40. The van der Waals surface area contributed by atoms with E-state index < -0.39 is 5.97 Å². The zero-order chi connectivity index (χ0) is 14.7. The minimum Gasteiger partial charge on any atom is -0.489 e. The molecule has 0 aliphatic carbocycles. The van der Waals surface area contributed by atoms with Crippen LogP contribution in [0.1, 0.15) is 11.1 Å². The van der Waals surface area contributed by atoms with Gasteiger partial charge < -0.3 is 14.3 Å². The number of carboxylic acid groups (broad SMARTS) is 1. The van der Waals surface area contributed by atoms with E-state index in [1.54, 1.807) is 6.07 Å². The van der Waals surface area contributed by atoms with Gasteiger partial charge in [0.05, 0.1) is 12.7 Å². The average molecular weight is 282 g/mol. The Morgan fingerprint density at radius 2 is 1.95 bits per heavy atom. The third kappa shape index (κ3) is 3.05. The van der Waals surface area contributed by atoms with Gasteiger partial charge in [-0.25, -0.2) is 0 Å². The summed E-state index contributed by atoms with van der Waals surface area (Å²) in [6.45, 7) is 0.471. The standard InChI is InChI=1S/C17H14O4/c18-17(19)8-13-11-21-16-7-6-14(9-15(13)16)20-10-12-4-2-1-3-5-12/h1-7,9,11H,8,10H2,(H,18,19). The fourth-order valence-corrected chi connectivity index (χ4v) is 2.19. The van der Waals surface area contributed by atoms with Gasteiger partial charge in [-0.3, -0.25) is 4.79 Å². The molecule has 0 radical (unpaired) electrons. The molecule has 0 saturated carbocycles. The summed E-state index contributed by atoms with van der Waals surface area (Å²) in [6.07, 6.45) is 1.43. The number of carbonyl (C=O) groups is 1. The van der Waals surface area contributed by atoms with Crippen LogP contribution in [0, 0.1) is 0 Å². The first-order valence-electron chi connectivity index (χ1n) is 6.61. The molecule has 2 aromatic carbocycles. The van der Waals surface area contributed by atoms with Gasteiger partial charge in [-0.1, -0.05) is 30.3 Å². The van der Waals surface area contributed by atoms with Gasteiger partial charge in [0.1, 0.15) is 17.9 Å². The van der Waals surface area contributed by atoms with Crippen LogP contribution >= 0.6 is 0 Å². The number of carboxylic acids is 1. The molecule has 21 heavy (non-hydrogen) atoms. The number of ether oxygens (including phenoxy) is 1. The van der Waals surface area contributed by atoms with Crippen molar-refractivity contribution in [3.05, 3.63) is 65.9 Å². The Balaban J connectivity index is 1.81. The summed E-state index contributed by atoms with van der Waals surface area (Å²) in [6, 6.07) is 15.3. The Labute approximate surface area is 121 Å². The lowest BCUT2D eigenvalue weighted by molar-refractivity contribution is -0.136. The lowest BCUT2D eigenvalue weighted by Crippen LogP contribution is -1.99. The maximum atomic E-state index is 10.8. The lowest BCUT2D eigenvalue weighted by Gasteiger charge is -2.06. The Morgan fingerprint density at radius 1 is 1.14 bits per heavy atom. The van der Waals surface area contributed by atoms with E-state index in [4.69, 9.17) is 14.3 Å². The first-order valence-corrected chi connectivity index (χ1v) is 6.61. The fraction of sp³-hybridized carbons (Fsp3) is 0.118. The van der Waals surface area contributed by atoms with Crippen molar-refractivity contribution in [3.63, 3.8) is 0 Å². The van der Waals surface area contributed by atoms with Crippen molar-refractivity contribution < 1.29 is 19.1 Å². The summed E-state index contributed by atoms with van der Waals surface area (Å²) in [7, 11) is 0. The molecule has 0 amide bonds. The van der Waals surface area contributed by atoms with Crippen molar-refractivity contribution in [2.75, 3.05) is 0 Å². The maximum Gasteiger partial charge on any atom is 0.307 e. The van der Waals surface area contributed by atoms with Crippen LogP contribution in [-0.4, -0.2) is 11.1 Å². The van der Waals surface area contributed by atoms with Crippen molar-refractivity contribution in [2.24, 2.45) is 0 Å². The zero-order valence-corrected chi connectivity index (χ0v) is 11.3. The van der Waals surface area contributed by atoms with E-state index >= 15 is 0 Å². The smallest absolute Gasteiger partial charge is 0.307 e. The van der Waals surface area contributed by atoms with Gasteiger partial charge in [0, 0.05) is 10.9 Å². The van der Waals surface area contributed by atoms with Gasteiger partial charge in [0.2, 0.25) is 0 Å². The van der Waals surface area contributed by atoms with Crippen LogP contribution in [0.4, 0.5) is 0 Å². The third-order valence-electron chi connectivity index (χ3n) is 3.22. The number of fused-ring (bicyclic) bond motifs is 1. The Kier molecular flexibility index (Phi) is 3.60. The Bertz CT molecular complexity index is 759. The second-order valence-corrected chi connectivity index (χ2v) is 4.76. The van der Waals surface area contributed by atoms with Crippen LogP contribution in [0.2, 0.25) is 0 Å². The normalized spacial score (nSPS) is 10.7. The zero-order valence-electron chi connectivity index (χ0n) is 11.3. The first-order chi connectivity index (χ1) is 10.2. The van der Waals surface area contributed by atoms with E-state index in [0.29, 0.717) is 23.5 Å². The molecule has 0 aliphatic heterocycles. The number of hydrogen-bond donors (Lipinski definition) is 1. The molecule has 4 heteroatoms. The quantitative estimate of drug-likeness (QED) is 0.776.